The molecule has 0 atom stereocenters. The van der Waals surface area contributed by atoms with Gasteiger partial charge in [-0.15, -0.1) is 6.58 Å². The Hall–Kier alpha value is -1.62. The maximum absolute atomic E-state index is 11.7. The number of aryl methyl sites for hydroxylation is 1. The fraction of sp³-hybridized carbons (Fsp3) is 0.286. The van der Waals surface area contributed by atoms with Gasteiger partial charge in [0.05, 0.1) is 0 Å². The minimum Gasteiger partial charge on any atom is -0.351 e. The zero-order valence-corrected chi connectivity index (χ0v) is 12.7. The molecule has 0 saturated heterocycles. The van der Waals surface area contributed by atoms with Gasteiger partial charge in [0.2, 0.25) is 11.8 Å². The largest absolute Gasteiger partial charge is 0.351 e. The molecule has 0 fully saturated rings. The van der Waals surface area contributed by atoms with Gasteiger partial charge in [-0.3, -0.25) is 9.59 Å². The van der Waals surface area contributed by atoms with Crippen LogP contribution in [-0.4, -0.2) is 24.9 Å². The highest BCUT2D eigenvalue weighted by Crippen LogP contribution is 2.23. The van der Waals surface area contributed by atoms with E-state index in [2.05, 4.69) is 27.8 Å². The molecule has 102 valence electrons. The van der Waals surface area contributed by atoms with E-state index >= 15 is 0 Å². The van der Waals surface area contributed by atoms with Crippen LogP contribution in [0.2, 0.25) is 0 Å². The zero-order chi connectivity index (χ0) is 14.4. The van der Waals surface area contributed by atoms with Crippen molar-refractivity contribution in [2.24, 2.45) is 0 Å². The van der Waals surface area contributed by atoms with Gasteiger partial charge >= 0.3 is 0 Å². The Morgan fingerprint density at radius 3 is 2.68 bits per heavy atom. The number of anilines is 1. The number of nitrogens with zero attached hydrogens (tertiary/aromatic N) is 1. The summed E-state index contributed by atoms with van der Waals surface area (Å²) in [5, 5.41) is 2.66. The van der Waals surface area contributed by atoms with Gasteiger partial charge in [0, 0.05) is 23.6 Å². The molecule has 2 amide bonds. The molecule has 1 aromatic carbocycles. The first-order chi connectivity index (χ1) is 8.95. The Bertz CT molecular complexity index is 500. The lowest BCUT2D eigenvalue weighted by atomic mass is 10.2. The van der Waals surface area contributed by atoms with Gasteiger partial charge in [-0.25, -0.2) is 0 Å². The molecule has 5 heteroatoms. The second kappa shape index (κ2) is 7.09. The van der Waals surface area contributed by atoms with Crippen molar-refractivity contribution in [1.82, 2.24) is 5.32 Å². The Morgan fingerprint density at radius 1 is 1.47 bits per heavy atom. The van der Waals surface area contributed by atoms with Crippen LogP contribution in [0.3, 0.4) is 0 Å². The van der Waals surface area contributed by atoms with Crippen molar-refractivity contribution in [2.75, 3.05) is 18.0 Å². The second-order valence-corrected chi connectivity index (χ2v) is 5.04. The van der Waals surface area contributed by atoms with Crippen LogP contribution in [0.4, 0.5) is 5.69 Å². The number of rotatable bonds is 5. The molecule has 0 saturated carbocycles. The van der Waals surface area contributed by atoms with Crippen molar-refractivity contribution in [1.29, 1.82) is 0 Å². The molecule has 0 heterocycles. The first-order valence-electron chi connectivity index (χ1n) is 5.87. The predicted molar refractivity (Wildman–Crippen MR) is 80.1 cm³/mol. The van der Waals surface area contributed by atoms with E-state index in [9.17, 15) is 9.59 Å². The first kappa shape index (κ1) is 15.4. The number of benzene rings is 1. The van der Waals surface area contributed by atoms with Gasteiger partial charge in [0.15, 0.2) is 0 Å². The summed E-state index contributed by atoms with van der Waals surface area (Å²) in [4.78, 5) is 24.9. The Kier molecular flexibility index (Phi) is 5.76. The quantitative estimate of drug-likeness (QED) is 0.845. The summed E-state index contributed by atoms with van der Waals surface area (Å²) < 4.78 is 0.938. The number of halogens is 1. The minimum atomic E-state index is -0.211. The monoisotopic (exact) mass is 324 g/mol. The molecule has 4 nitrogen and oxygen atoms in total. The molecule has 0 bridgehead atoms. The third-order valence-corrected chi connectivity index (χ3v) is 3.07. The lowest BCUT2D eigenvalue weighted by molar-refractivity contribution is -0.122. The molecule has 0 aliphatic heterocycles. The van der Waals surface area contributed by atoms with Crippen molar-refractivity contribution in [3.63, 3.8) is 0 Å². The zero-order valence-electron chi connectivity index (χ0n) is 11.1. The average molecular weight is 325 g/mol. The summed E-state index contributed by atoms with van der Waals surface area (Å²) >= 11 is 3.37. The minimum absolute atomic E-state index is 0.00560. The van der Waals surface area contributed by atoms with Gasteiger partial charge in [-0.2, -0.15) is 0 Å². The van der Waals surface area contributed by atoms with E-state index in [1.807, 2.05) is 25.1 Å². The molecule has 1 aromatic rings. The van der Waals surface area contributed by atoms with Crippen molar-refractivity contribution in [3.05, 3.63) is 40.9 Å². The summed E-state index contributed by atoms with van der Waals surface area (Å²) in [5.41, 5.74) is 1.67. The lowest BCUT2D eigenvalue weighted by Crippen LogP contribution is -2.40. The molecule has 1 rings (SSSR count). The van der Waals surface area contributed by atoms with E-state index in [-0.39, 0.29) is 18.4 Å². The van der Waals surface area contributed by atoms with Gasteiger partial charge in [0.25, 0.3) is 0 Å². The average Bonchev–Trinajstić information content (AvgIpc) is 2.34. The Morgan fingerprint density at radius 2 is 2.16 bits per heavy atom. The Labute approximate surface area is 121 Å². The van der Waals surface area contributed by atoms with Crippen LogP contribution in [0.5, 0.6) is 0 Å². The highest BCUT2D eigenvalue weighted by Gasteiger charge is 2.17. The van der Waals surface area contributed by atoms with Crippen LogP contribution in [0, 0.1) is 6.92 Å². The van der Waals surface area contributed by atoms with Gasteiger partial charge in [-0.1, -0.05) is 22.0 Å². The van der Waals surface area contributed by atoms with Crippen LogP contribution >= 0.6 is 15.9 Å². The third-order valence-electron chi connectivity index (χ3n) is 2.58. The molecule has 0 unspecified atom stereocenters. The van der Waals surface area contributed by atoms with E-state index in [1.54, 1.807) is 6.08 Å². The maximum atomic E-state index is 11.7. The van der Waals surface area contributed by atoms with Gasteiger partial charge in [0.1, 0.15) is 6.54 Å². The van der Waals surface area contributed by atoms with E-state index in [0.29, 0.717) is 6.54 Å². The summed E-state index contributed by atoms with van der Waals surface area (Å²) in [6.45, 7) is 7.27. The molecule has 0 aromatic heterocycles. The van der Waals surface area contributed by atoms with Crippen molar-refractivity contribution in [3.8, 4) is 0 Å². The normalized spacial score (nSPS) is 9.84. The van der Waals surface area contributed by atoms with Crippen LogP contribution < -0.4 is 10.2 Å². The summed E-state index contributed by atoms with van der Waals surface area (Å²) in [5.74, 6) is -0.378. The summed E-state index contributed by atoms with van der Waals surface area (Å²) in [7, 11) is 0. The summed E-state index contributed by atoms with van der Waals surface area (Å²) in [6.07, 6.45) is 1.60. The number of hydrogen-bond acceptors (Lipinski definition) is 2. The standard InChI is InChI=1S/C14H17BrN2O2/c1-4-7-16-14(19)9-17(11(3)18)13-6-5-12(15)8-10(13)2/h4-6,8H,1,7,9H2,2-3H3,(H,16,19). The van der Waals surface area contributed by atoms with E-state index in [1.165, 1.54) is 11.8 Å². The van der Waals surface area contributed by atoms with E-state index in [0.717, 1.165) is 15.7 Å². The molecular weight excluding hydrogens is 308 g/mol. The van der Waals surface area contributed by atoms with Crippen LogP contribution in [-0.2, 0) is 9.59 Å². The van der Waals surface area contributed by atoms with Gasteiger partial charge < -0.3 is 10.2 Å². The fourth-order valence-corrected chi connectivity index (χ4v) is 2.15. The van der Waals surface area contributed by atoms with Crippen LogP contribution in [0.1, 0.15) is 12.5 Å². The smallest absolute Gasteiger partial charge is 0.240 e. The molecular formula is C14H17BrN2O2. The maximum Gasteiger partial charge on any atom is 0.240 e. The number of hydrogen-bond donors (Lipinski definition) is 1. The third kappa shape index (κ3) is 4.52. The Balaban J connectivity index is 2.91. The number of carbonyl (C=O) groups excluding carboxylic acids is 2. The topological polar surface area (TPSA) is 49.4 Å². The molecule has 1 N–H and O–H groups in total. The summed E-state index contributed by atoms with van der Waals surface area (Å²) in [6, 6.07) is 5.58. The molecule has 0 aliphatic rings. The van der Waals surface area contributed by atoms with E-state index < -0.39 is 0 Å². The predicted octanol–water partition coefficient (Wildman–Crippen LogP) is 2.41. The van der Waals surface area contributed by atoms with Crippen LogP contribution in [0.25, 0.3) is 0 Å². The van der Waals surface area contributed by atoms with Crippen molar-refractivity contribution >= 4 is 33.4 Å². The molecule has 0 spiro atoms. The highest BCUT2D eigenvalue weighted by atomic mass is 79.9. The molecule has 19 heavy (non-hydrogen) atoms. The number of nitrogens with one attached hydrogen (secondary N) is 1. The SMILES string of the molecule is C=CCNC(=O)CN(C(C)=O)c1ccc(Br)cc1C. The van der Waals surface area contributed by atoms with Gasteiger partial charge in [-0.05, 0) is 30.7 Å². The van der Waals surface area contributed by atoms with E-state index in [4.69, 9.17) is 0 Å². The van der Waals surface area contributed by atoms with Crippen molar-refractivity contribution in [2.45, 2.75) is 13.8 Å². The van der Waals surface area contributed by atoms with Crippen LogP contribution in [0.15, 0.2) is 35.3 Å². The van der Waals surface area contributed by atoms with Crippen molar-refractivity contribution < 1.29 is 9.59 Å². The molecule has 0 aliphatic carbocycles. The highest BCUT2D eigenvalue weighted by molar-refractivity contribution is 9.10. The number of carbonyl (C=O) groups is 2. The lowest BCUT2D eigenvalue weighted by Gasteiger charge is -2.22. The second-order valence-electron chi connectivity index (χ2n) is 4.13. The first-order valence-corrected chi connectivity index (χ1v) is 6.67. The number of amides is 2. The molecule has 0 radical (unpaired) electrons. The fourth-order valence-electron chi connectivity index (χ4n) is 1.67.